The molecule has 104 valence electrons. The van der Waals surface area contributed by atoms with E-state index in [2.05, 4.69) is 5.32 Å². The highest BCUT2D eigenvalue weighted by atomic mass is 16.5. The Morgan fingerprint density at radius 3 is 2.50 bits per heavy atom. The van der Waals surface area contributed by atoms with Crippen molar-refractivity contribution in [3.8, 4) is 11.5 Å². The van der Waals surface area contributed by atoms with E-state index in [9.17, 15) is 9.90 Å². The predicted octanol–water partition coefficient (Wildman–Crippen LogP) is 3.35. The normalized spacial score (nSPS) is 10.1. The number of phenolic OH excluding ortho intramolecular Hbond substituents is 1. The van der Waals surface area contributed by atoms with Gasteiger partial charge in [-0.15, -0.1) is 0 Å². The standard InChI is InChI=1S/C16H17NO3/c1-3-20-14-7-4-12(5-8-14)17-16(19)15-9-6-13(18)10-11(15)2/h4-10,18H,3H2,1-2H3,(H,17,19). The first-order valence-electron chi connectivity index (χ1n) is 6.44. The van der Waals surface area contributed by atoms with E-state index in [1.807, 2.05) is 19.1 Å². The largest absolute Gasteiger partial charge is 0.508 e. The van der Waals surface area contributed by atoms with Gasteiger partial charge < -0.3 is 15.2 Å². The van der Waals surface area contributed by atoms with Crippen LogP contribution >= 0.6 is 0 Å². The van der Waals surface area contributed by atoms with Gasteiger partial charge in [-0.1, -0.05) is 0 Å². The number of amides is 1. The Kier molecular flexibility index (Phi) is 4.25. The minimum Gasteiger partial charge on any atom is -0.508 e. The quantitative estimate of drug-likeness (QED) is 0.896. The molecule has 2 aromatic rings. The molecule has 2 aromatic carbocycles. The zero-order chi connectivity index (χ0) is 14.5. The molecule has 0 aliphatic heterocycles. The third-order valence-electron chi connectivity index (χ3n) is 2.88. The first-order chi connectivity index (χ1) is 9.60. The molecule has 0 aromatic heterocycles. The summed E-state index contributed by atoms with van der Waals surface area (Å²) in [5.74, 6) is 0.720. The molecule has 0 aliphatic carbocycles. The van der Waals surface area contributed by atoms with Crippen LogP contribution in [-0.2, 0) is 0 Å². The summed E-state index contributed by atoms with van der Waals surface area (Å²) in [5, 5.41) is 12.2. The zero-order valence-electron chi connectivity index (χ0n) is 11.5. The van der Waals surface area contributed by atoms with E-state index >= 15 is 0 Å². The summed E-state index contributed by atoms with van der Waals surface area (Å²) in [6.07, 6.45) is 0. The Labute approximate surface area is 118 Å². The number of aryl methyl sites for hydroxylation is 1. The number of anilines is 1. The molecule has 4 heteroatoms. The van der Waals surface area contributed by atoms with Gasteiger partial charge in [0.1, 0.15) is 11.5 Å². The molecular formula is C16H17NO3. The summed E-state index contributed by atoms with van der Waals surface area (Å²) in [6, 6.07) is 11.9. The van der Waals surface area contributed by atoms with E-state index in [4.69, 9.17) is 4.74 Å². The molecule has 0 saturated carbocycles. The molecule has 0 bridgehead atoms. The number of hydrogen-bond acceptors (Lipinski definition) is 3. The van der Waals surface area contributed by atoms with Gasteiger partial charge >= 0.3 is 0 Å². The van der Waals surface area contributed by atoms with Crippen molar-refractivity contribution in [2.45, 2.75) is 13.8 Å². The smallest absolute Gasteiger partial charge is 0.255 e. The predicted molar refractivity (Wildman–Crippen MR) is 78.4 cm³/mol. The number of carbonyl (C=O) groups is 1. The molecule has 0 fully saturated rings. The van der Waals surface area contributed by atoms with Crippen molar-refractivity contribution < 1.29 is 14.6 Å². The number of carbonyl (C=O) groups excluding carboxylic acids is 1. The molecule has 0 spiro atoms. The third kappa shape index (κ3) is 3.29. The van der Waals surface area contributed by atoms with Gasteiger partial charge in [0.15, 0.2) is 0 Å². The molecule has 0 unspecified atom stereocenters. The molecule has 1 amide bonds. The van der Waals surface area contributed by atoms with Crippen LogP contribution in [-0.4, -0.2) is 17.6 Å². The Morgan fingerprint density at radius 2 is 1.90 bits per heavy atom. The number of nitrogens with one attached hydrogen (secondary N) is 1. The van der Waals surface area contributed by atoms with Gasteiger partial charge in [0, 0.05) is 11.3 Å². The Hall–Kier alpha value is -2.49. The maximum atomic E-state index is 12.1. The first kappa shape index (κ1) is 13.9. The van der Waals surface area contributed by atoms with Crippen molar-refractivity contribution in [2.24, 2.45) is 0 Å². The number of rotatable bonds is 4. The zero-order valence-corrected chi connectivity index (χ0v) is 11.5. The van der Waals surface area contributed by atoms with E-state index < -0.39 is 0 Å². The first-order valence-corrected chi connectivity index (χ1v) is 6.44. The lowest BCUT2D eigenvalue weighted by atomic mass is 10.1. The number of ether oxygens (including phenoxy) is 1. The number of benzene rings is 2. The number of phenols is 1. The lowest BCUT2D eigenvalue weighted by Gasteiger charge is -2.09. The van der Waals surface area contributed by atoms with Crippen LogP contribution in [0.1, 0.15) is 22.8 Å². The fourth-order valence-electron chi connectivity index (χ4n) is 1.90. The van der Waals surface area contributed by atoms with Crippen LogP contribution in [0.2, 0.25) is 0 Å². The molecule has 4 nitrogen and oxygen atoms in total. The van der Waals surface area contributed by atoms with Crippen molar-refractivity contribution in [1.29, 1.82) is 0 Å². The molecule has 0 atom stereocenters. The van der Waals surface area contributed by atoms with Crippen molar-refractivity contribution in [1.82, 2.24) is 0 Å². The summed E-state index contributed by atoms with van der Waals surface area (Å²) in [7, 11) is 0. The molecule has 0 heterocycles. The summed E-state index contributed by atoms with van der Waals surface area (Å²) >= 11 is 0. The summed E-state index contributed by atoms with van der Waals surface area (Å²) in [4.78, 5) is 12.1. The maximum absolute atomic E-state index is 12.1. The Morgan fingerprint density at radius 1 is 1.20 bits per heavy atom. The Bertz CT molecular complexity index is 606. The van der Waals surface area contributed by atoms with Crippen LogP contribution in [0.25, 0.3) is 0 Å². The van der Waals surface area contributed by atoms with Crippen LogP contribution in [0, 0.1) is 6.92 Å². The van der Waals surface area contributed by atoms with Gasteiger partial charge in [0.05, 0.1) is 6.61 Å². The third-order valence-corrected chi connectivity index (χ3v) is 2.88. The van der Waals surface area contributed by atoms with Gasteiger partial charge in [0.25, 0.3) is 5.91 Å². The monoisotopic (exact) mass is 271 g/mol. The molecule has 0 radical (unpaired) electrons. The summed E-state index contributed by atoms with van der Waals surface area (Å²) in [6.45, 7) is 4.31. The highest BCUT2D eigenvalue weighted by Gasteiger charge is 2.09. The van der Waals surface area contributed by atoms with Crippen molar-refractivity contribution in [3.63, 3.8) is 0 Å². The van der Waals surface area contributed by atoms with E-state index in [1.54, 1.807) is 31.2 Å². The lowest BCUT2D eigenvalue weighted by Crippen LogP contribution is -2.13. The van der Waals surface area contributed by atoms with Crippen LogP contribution in [0.15, 0.2) is 42.5 Å². The van der Waals surface area contributed by atoms with Crippen LogP contribution in [0.4, 0.5) is 5.69 Å². The minimum atomic E-state index is -0.202. The average Bonchev–Trinajstić information content (AvgIpc) is 2.41. The molecule has 2 N–H and O–H groups in total. The minimum absolute atomic E-state index is 0.153. The highest BCUT2D eigenvalue weighted by molar-refractivity contribution is 6.05. The number of aromatic hydroxyl groups is 1. The molecular weight excluding hydrogens is 254 g/mol. The second kappa shape index (κ2) is 6.10. The molecule has 20 heavy (non-hydrogen) atoms. The number of hydrogen-bond donors (Lipinski definition) is 2. The lowest BCUT2D eigenvalue weighted by molar-refractivity contribution is 0.102. The van der Waals surface area contributed by atoms with Gasteiger partial charge in [0.2, 0.25) is 0 Å². The van der Waals surface area contributed by atoms with Gasteiger partial charge in [-0.2, -0.15) is 0 Å². The van der Waals surface area contributed by atoms with E-state index in [-0.39, 0.29) is 11.7 Å². The van der Waals surface area contributed by atoms with Crippen LogP contribution in [0.5, 0.6) is 11.5 Å². The van der Waals surface area contributed by atoms with Gasteiger partial charge in [-0.25, -0.2) is 0 Å². The molecule has 0 aliphatic rings. The second-order valence-corrected chi connectivity index (χ2v) is 4.41. The van der Waals surface area contributed by atoms with Crippen molar-refractivity contribution in [2.75, 3.05) is 11.9 Å². The molecule has 0 saturated heterocycles. The average molecular weight is 271 g/mol. The topological polar surface area (TPSA) is 58.6 Å². The second-order valence-electron chi connectivity index (χ2n) is 4.41. The molecule has 2 rings (SSSR count). The van der Waals surface area contributed by atoms with Gasteiger partial charge in [-0.05, 0) is 61.9 Å². The van der Waals surface area contributed by atoms with E-state index in [0.29, 0.717) is 17.9 Å². The fraction of sp³-hybridized carbons (Fsp3) is 0.188. The van der Waals surface area contributed by atoms with Gasteiger partial charge in [-0.3, -0.25) is 4.79 Å². The van der Waals surface area contributed by atoms with Crippen LogP contribution in [0.3, 0.4) is 0 Å². The van der Waals surface area contributed by atoms with E-state index in [0.717, 1.165) is 11.3 Å². The Balaban J connectivity index is 2.11. The summed E-state index contributed by atoms with van der Waals surface area (Å²) in [5.41, 5.74) is 1.97. The maximum Gasteiger partial charge on any atom is 0.255 e. The SMILES string of the molecule is CCOc1ccc(NC(=O)c2ccc(O)cc2C)cc1. The van der Waals surface area contributed by atoms with Crippen molar-refractivity contribution in [3.05, 3.63) is 53.6 Å². The highest BCUT2D eigenvalue weighted by Crippen LogP contribution is 2.19. The summed E-state index contributed by atoms with van der Waals surface area (Å²) < 4.78 is 5.34. The van der Waals surface area contributed by atoms with Crippen molar-refractivity contribution >= 4 is 11.6 Å². The van der Waals surface area contributed by atoms with E-state index in [1.165, 1.54) is 6.07 Å². The fourth-order valence-corrected chi connectivity index (χ4v) is 1.90. The van der Waals surface area contributed by atoms with Crippen LogP contribution < -0.4 is 10.1 Å².